The van der Waals surface area contributed by atoms with Crippen LogP contribution in [0.25, 0.3) is 0 Å². The van der Waals surface area contributed by atoms with Crippen molar-refractivity contribution in [3.8, 4) is 0 Å². The van der Waals surface area contributed by atoms with Crippen molar-refractivity contribution in [3.05, 3.63) is 83.5 Å². The minimum Gasteiger partial charge on any atom is -0.461 e. The van der Waals surface area contributed by atoms with Crippen LogP contribution in [-0.2, 0) is 32.1 Å². The number of ether oxygens (including phenoxy) is 2. The molecule has 7 nitrogen and oxygen atoms in total. The summed E-state index contributed by atoms with van der Waals surface area (Å²) >= 11 is 0. The smallest absolute Gasteiger partial charge is 0.407 e. The number of amides is 2. The Balaban J connectivity index is 1.67. The molecular formula is C26H32N2O5. The minimum atomic E-state index is -0.587. The summed E-state index contributed by atoms with van der Waals surface area (Å²) < 4.78 is 10.3. The van der Waals surface area contributed by atoms with Gasteiger partial charge in [-0.1, -0.05) is 66.8 Å². The van der Waals surface area contributed by atoms with Gasteiger partial charge in [-0.3, -0.25) is 9.59 Å². The zero-order chi connectivity index (χ0) is 24.1. The van der Waals surface area contributed by atoms with E-state index in [0.717, 1.165) is 16.7 Å². The Morgan fingerprint density at radius 1 is 0.879 bits per heavy atom. The Labute approximate surface area is 195 Å². The lowest BCUT2D eigenvalue weighted by Crippen LogP contribution is -2.33. The topological polar surface area (TPSA) is 93.7 Å². The maximum absolute atomic E-state index is 12.2. The third kappa shape index (κ3) is 11.5. The normalized spacial score (nSPS) is 12.9. The molecule has 0 unspecified atom stereocenters. The Morgan fingerprint density at radius 2 is 1.55 bits per heavy atom. The van der Waals surface area contributed by atoms with Crippen LogP contribution in [-0.4, -0.2) is 36.7 Å². The van der Waals surface area contributed by atoms with Crippen LogP contribution >= 0.6 is 0 Å². The second-order valence-electron chi connectivity index (χ2n) is 8.48. The van der Waals surface area contributed by atoms with Gasteiger partial charge < -0.3 is 20.1 Å². The SMILES string of the molecule is CC(C)(C)OC(=O)NCCC(=O)OCc1ccc(CC(=O)NCC2=CC=CC=CC=C2)cc1. The van der Waals surface area contributed by atoms with Gasteiger partial charge in [-0.2, -0.15) is 0 Å². The van der Waals surface area contributed by atoms with E-state index in [0.29, 0.717) is 6.54 Å². The lowest BCUT2D eigenvalue weighted by Gasteiger charge is -2.19. The molecule has 0 saturated carbocycles. The molecule has 176 valence electrons. The molecule has 0 saturated heterocycles. The molecule has 1 aliphatic rings. The van der Waals surface area contributed by atoms with Crippen LogP contribution < -0.4 is 10.6 Å². The van der Waals surface area contributed by atoms with Gasteiger partial charge in [0.2, 0.25) is 5.91 Å². The van der Waals surface area contributed by atoms with Crippen molar-refractivity contribution in [2.45, 2.75) is 45.8 Å². The molecule has 1 aromatic rings. The molecule has 2 amide bonds. The lowest BCUT2D eigenvalue weighted by atomic mass is 10.1. The first-order chi connectivity index (χ1) is 15.7. The summed E-state index contributed by atoms with van der Waals surface area (Å²) in [4.78, 5) is 35.6. The zero-order valence-electron chi connectivity index (χ0n) is 19.4. The molecule has 7 heteroatoms. The van der Waals surface area contributed by atoms with Gasteiger partial charge in [-0.15, -0.1) is 0 Å². The first kappa shape index (κ1) is 25.6. The third-order valence-electron chi connectivity index (χ3n) is 4.34. The Bertz CT molecular complexity index is 934. The number of carbonyl (C=O) groups is 3. The van der Waals surface area contributed by atoms with E-state index in [-0.39, 0.29) is 31.9 Å². The van der Waals surface area contributed by atoms with Crippen LogP contribution in [0.2, 0.25) is 0 Å². The minimum absolute atomic E-state index is 0.0508. The van der Waals surface area contributed by atoms with Gasteiger partial charge in [-0.05, 0) is 37.5 Å². The third-order valence-corrected chi connectivity index (χ3v) is 4.34. The average molecular weight is 453 g/mol. The fourth-order valence-electron chi connectivity index (χ4n) is 2.74. The van der Waals surface area contributed by atoms with Crippen molar-refractivity contribution >= 4 is 18.0 Å². The van der Waals surface area contributed by atoms with Crippen molar-refractivity contribution in [2.75, 3.05) is 13.1 Å². The number of allylic oxidation sites excluding steroid dienone is 6. The summed E-state index contributed by atoms with van der Waals surface area (Å²) in [5, 5.41) is 5.44. The van der Waals surface area contributed by atoms with E-state index < -0.39 is 17.7 Å². The van der Waals surface area contributed by atoms with Gasteiger partial charge in [0, 0.05) is 13.1 Å². The number of carbonyl (C=O) groups excluding carboxylic acids is 3. The van der Waals surface area contributed by atoms with Gasteiger partial charge in [0.15, 0.2) is 0 Å². The number of benzene rings is 1. The van der Waals surface area contributed by atoms with Gasteiger partial charge in [0.1, 0.15) is 12.2 Å². The summed E-state index contributed by atoms with van der Waals surface area (Å²) in [6.07, 6.45) is 13.4. The lowest BCUT2D eigenvalue weighted by molar-refractivity contribution is -0.144. The van der Waals surface area contributed by atoms with Gasteiger partial charge >= 0.3 is 12.1 Å². The van der Waals surface area contributed by atoms with E-state index in [1.165, 1.54) is 0 Å². The maximum Gasteiger partial charge on any atom is 0.407 e. The Kier molecular flexibility index (Phi) is 10.1. The van der Waals surface area contributed by atoms with Crippen molar-refractivity contribution in [3.63, 3.8) is 0 Å². The first-order valence-electron chi connectivity index (χ1n) is 10.9. The van der Waals surface area contributed by atoms with Gasteiger partial charge in [-0.25, -0.2) is 4.79 Å². The van der Waals surface area contributed by atoms with Crippen LogP contribution in [0.1, 0.15) is 38.3 Å². The number of esters is 1. The quantitative estimate of drug-likeness (QED) is 0.554. The van der Waals surface area contributed by atoms with E-state index in [4.69, 9.17) is 9.47 Å². The fourth-order valence-corrected chi connectivity index (χ4v) is 2.74. The Hall–Kier alpha value is -3.61. The largest absolute Gasteiger partial charge is 0.461 e. The van der Waals surface area contributed by atoms with E-state index in [1.807, 2.05) is 66.8 Å². The molecular weight excluding hydrogens is 420 g/mol. The van der Waals surface area contributed by atoms with Crippen LogP contribution in [0, 0.1) is 0 Å². The van der Waals surface area contributed by atoms with Crippen molar-refractivity contribution < 1.29 is 23.9 Å². The first-order valence-corrected chi connectivity index (χ1v) is 10.9. The molecule has 0 aliphatic heterocycles. The zero-order valence-corrected chi connectivity index (χ0v) is 19.4. The van der Waals surface area contributed by atoms with E-state index >= 15 is 0 Å². The van der Waals surface area contributed by atoms with Gasteiger partial charge in [0.05, 0.1) is 12.8 Å². The monoisotopic (exact) mass is 452 g/mol. The number of rotatable bonds is 9. The standard InChI is InChI=1S/C26H32N2O5/c1-26(2,3)33-25(31)27-16-15-24(30)32-19-22-13-11-20(12-14-22)17-23(29)28-18-21-9-7-5-4-6-8-10-21/h4-14H,15-19H2,1-3H3,(H,27,31)(H,28,29). The van der Waals surface area contributed by atoms with Crippen LogP contribution in [0.5, 0.6) is 0 Å². The maximum atomic E-state index is 12.2. The summed E-state index contributed by atoms with van der Waals surface area (Å²) in [6.45, 7) is 6.03. The van der Waals surface area contributed by atoms with Crippen LogP contribution in [0.4, 0.5) is 4.79 Å². The van der Waals surface area contributed by atoms with Gasteiger partial charge in [0.25, 0.3) is 0 Å². The number of nitrogens with one attached hydrogen (secondary N) is 2. The predicted molar refractivity (Wildman–Crippen MR) is 127 cm³/mol. The summed E-state index contributed by atoms with van der Waals surface area (Å²) in [7, 11) is 0. The van der Waals surface area contributed by atoms with Crippen LogP contribution in [0.3, 0.4) is 0 Å². The van der Waals surface area contributed by atoms with E-state index in [1.54, 1.807) is 20.8 Å². The number of hydrogen-bond acceptors (Lipinski definition) is 5. The van der Waals surface area contributed by atoms with Crippen molar-refractivity contribution in [2.24, 2.45) is 0 Å². The van der Waals surface area contributed by atoms with Crippen LogP contribution in [0.15, 0.2) is 72.4 Å². The average Bonchev–Trinajstić information content (AvgIpc) is 2.71. The van der Waals surface area contributed by atoms with Crippen molar-refractivity contribution in [1.82, 2.24) is 10.6 Å². The highest BCUT2D eigenvalue weighted by Crippen LogP contribution is 2.08. The molecule has 33 heavy (non-hydrogen) atoms. The molecule has 1 aliphatic carbocycles. The molecule has 0 radical (unpaired) electrons. The second-order valence-corrected chi connectivity index (χ2v) is 8.48. The highest BCUT2D eigenvalue weighted by atomic mass is 16.6. The molecule has 0 atom stereocenters. The molecule has 0 bridgehead atoms. The second kappa shape index (κ2) is 13.1. The Morgan fingerprint density at radius 3 is 2.27 bits per heavy atom. The molecule has 0 fully saturated rings. The molecule has 2 N–H and O–H groups in total. The summed E-state index contributed by atoms with van der Waals surface area (Å²) in [5.41, 5.74) is 2.12. The molecule has 0 heterocycles. The molecule has 0 aromatic heterocycles. The summed E-state index contributed by atoms with van der Waals surface area (Å²) in [6, 6.07) is 7.34. The number of alkyl carbamates (subject to hydrolysis) is 1. The molecule has 1 aromatic carbocycles. The summed E-state index contributed by atoms with van der Waals surface area (Å²) in [5.74, 6) is -0.486. The highest BCUT2D eigenvalue weighted by molar-refractivity contribution is 5.79. The van der Waals surface area contributed by atoms with E-state index in [2.05, 4.69) is 10.6 Å². The number of hydrogen-bond donors (Lipinski definition) is 2. The molecule has 0 spiro atoms. The predicted octanol–water partition coefficient (Wildman–Crippen LogP) is 3.91. The molecule has 2 rings (SSSR count). The van der Waals surface area contributed by atoms with Crippen molar-refractivity contribution in [1.29, 1.82) is 0 Å². The highest BCUT2D eigenvalue weighted by Gasteiger charge is 2.16. The fraction of sp³-hybridized carbons (Fsp3) is 0.346. The van der Waals surface area contributed by atoms with E-state index in [9.17, 15) is 14.4 Å².